The standard InChI is InChI=1S/C12H13Cl2N3/c13-9-1-2-10-11(14)16-12(17(10)7-9)8-3-5-15-6-4-8/h1-2,7-8,15H,3-6H2. The van der Waals surface area contributed by atoms with Crippen LogP contribution in [0.5, 0.6) is 0 Å². The predicted octanol–water partition coefficient (Wildman–Crippen LogP) is 3.11. The van der Waals surface area contributed by atoms with Gasteiger partial charge in [-0.2, -0.15) is 0 Å². The van der Waals surface area contributed by atoms with Crippen molar-refractivity contribution in [3.8, 4) is 0 Å². The molecule has 2 aromatic rings. The first-order valence-electron chi connectivity index (χ1n) is 5.79. The summed E-state index contributed by atoms with van der Waals surface area (Å²) < 4.78 is 2.03. The molecule has 90 valence electrons. The zero-order chi connectivity index (χ0) is 11.8. The van der Waals surface area contributed by atoms with Gasteiger partial charge in [0.1, 0.15) is 5.82 Å². The van der Waals surface area contributed by atoms with E-state index >= 15 is 0 Å². The highest BCUT2D eigenvalue weighted by molar-refractivity contribution is 6.33. The number of nitrogens with zero attached hydrogens (tertiary/aromatic N) is 2. The summed E-state index contributed by atoms with van der Waals surface area (Å²) >= 11 is 12.2. The number of aromatic nitrogens is 2. The number of piperidine rings is 1. The molecular weight excluding hydrogens is 257 g/mol. The Labute approximate surface area is 110 Å². The van der Waals surface area contributed by atoms with Crippen LogP contribution in [0.25, 0.3) is 5.52 Å². The van der Waals surface area contributed by atoms with Gasteiger partial charge in [-0.3, -0.25) is 0 Å². The molecule has 1 aliphatic heterocycles. The van der Waals surface area contributed by atoms with Gasteiger partial charge in [-0.15, -0.1) is 0 Å². The molecule has 5 heteroatoms. The minimum atomic E-state index is 0.467. The third kappa shape index (κ3) is 2.03. The molecule has 1 saturated heterocycles. The minimum Gasteiger partial charge on any atom is -0.317 e. The Morgan fingerprint density at radius 3 is 2.76 bits per heavy atom. The highest BCUT2D eigenvalue weighted by Crippen LogP contribution is 2.29. The first kappa shape index (κ1) is 11.3. The van der Waals surface area contributed by atoms with Crippen LogP contribution in [0.4, 0.5) is 0 Å². The third-order valence-electron chi connectivity index (χ3n) is 3.29. The van der Waals surface area contributed by atoms with Gasteiger partial charge in [0.05, 0.1) is 10.5 Å². The highest BCUT2D eigenvalue weighted by Gasteiger charge is 2.21. The minimum absolute atomic E-state index is 0.467. The van der Waals surface area contributed by atoms with Crippen molar-refractivity contribution in [3.05, 3.63) is 34.3 Å². The normalized spacial score (nSPS) is 17.8. The van der Waals surface area contributed by atoms with Crippen LogP contribution in [0.2, 0.25) is 10.2 Å². The topological polar surface area (TPSA) is 29.3 Å². The third-order valence-corrected chi connectivity index (χ3v) is 3.79. The smallest absolute Gasteiger partial charge is 0.155 e. The van der Waals surface area contributed by atoms with Crippen LogP contribution in [0.15, 0.2) is 18.3 Å². The molecule has 2 aromatic heterocycles. The number of halogens is 2. The molecule has 1 N–H and O–H groups in total. The summed E-state index contributed by atoms with van der Waals surface area (Å²) in [7, 11) is 0. The van der Waals surface area contributed by atoms with Crippen molar-refractivity contribution in [2.45, 2.75) is 18.8 Å². The van der Waals surface area contributed by atoms with E-state index in [0.717, 1.165) is 37.3 Å². The molecule has 0 aliphatic carbocycles. The number of rotatable bonds is 1. The second kappa shape index (κ2) is 4.48. The van der Waals surface area contributed by atoms with Crippen LogP contribution < -0.4 is 5.32 Å². The quantitative estimate of drug-likeness (QED) is 0.862. The van der Waals surface area contributed by atoms with Gasteiger partial charge in [0.25, 0.3) is 0 Å². The lowest BCUT2D eigenvalue weighted by atomic mass is 9.97. The first-order valence-corrected chi connectivity index (χ1v) is 6.55. The molecule has 1 aliphatic rings. The summed E-state index contributed by atoms with van der Waals surface area (Å²) in [6.45, 7) is 2.08. The van der Waals surface area contributed by atoms with Gasteiger partial charge in [0.15, 0.2) is 5.15 Å². The Hall–Kier alpha value is -0.770. The van der Waals surface area contributed by atoms with Gasteiger partial charge < -0.3 is 9.72 Å². The number of nitrogens with one attached hydrogen (secondary N) is 1. The van der Waals surface area contributed by atoms with Crippen molar-refractivity contribution in [1.82, 2.24) is 14.7 Å². The molecule has 0 unspecified atom stereocenters. The van der Waals surface area contributed by atoms with Crippen molar-refractivity contribution < 1.29 is 0 Å². The predicted molar refractivity (Wildman–Crippen MR) is 70.1 cm³/mol. The van der Waals surface area contributed by atoms with Crippen molar-refractivity contribution in [1.29, 1.82) is 0 Å². The largest absolute Gasteiger partial charge is 0.317 e. The molecule has 3 nitrogen and oxygen atoms in total. The lowest BCUT2D eigenvalue weighted by molar-refractivity contribution is 0.444. The maximum Gasteiger partial charge on any atom is 0.155 e. The molecule has 17 heavy (non-hydrogen) atoms. The second-order valence-corrected chi connectivity index (χ2v) is 5.18. The summed E-state index contributed by atoms with van der Waals surface area (Å²) in [5.41, 5.74) is 0.935. The number of hydrogen-bond donors (Lipinski definition) is 1. The molecule has 3 rings (SSSR count). The second-order valence-electron chi connectivity index (χ2n) is 4.39. The summed E-state index contributed by atoms with van der Waals surface area (Å²) in [6, 6.07) is 3.76. The van der Waals surface area contributed by atoms with Gasteiger partial charge in [-0.05, 0) is 38.1 Å². The Morgan fingerprint density at radius 1 is 1.24 bits per heavy atom. The fourth-order valence-corrected chi connectivity index (χ4v) is 2.81. The first-order chi connectivity index (χ1) is 8.25. The van der Waals surface area contributed by atoms with E-state index in [2.05, 4.69) is 10.3 Å². The van der Waals surface area contributed by atoms with Crippen molar-refractivity contribution in [2.75, 3.05) is 13.1 Å². The highest BCUT2D eigenvalue weighted by atomic mass is 35.5. The molecule has 3 heterocycles. The van der Waals surface area contributed by atoms with Crippen LogP contribution in [0, 0.1) is 0 Å². The zero-order valence-electron chi connectivity index (χ0n) is 9.29. The number of hydrogen-bond acceptors (Lipinski definition) is 2. The van der Waals surface area contributed by atoms with E-state index in [4.69, 9.17) is 23.2 Å². The lowest BCUT2D eigenvalue weighted by Gasteiger charge is -2.21. The van der Waals surface area contributed by atoms with Gasteiger partial charge in [0.2, 0.25) is 0 Å². The SMILES string of the molecule is Clc1ccc2c(Cl)nc(C3CCNCC3)n2c1. The van der Waals surface area contributed by atoms with Crippen LogP contribution >= 0.6 is 23.2 Å². The number of imidazole rings is 1. The van der Waals surface area contributed by atoms with Crippen molar-refractivity contribution in [3.63, 3.8) is 0 Å². The average molecular weight is 270 g/mol. The number of fused-ring (bicyclic) bond motifs is 1. The Balaban J connectivity index is 2.11. The Kier molecular flexibility index (Phi) is 2.99. The van der Waals surface area contributed by atoms with Crippen molar-refractivity contribution >= 4 is 28.7 Å². The summed E-state index contributed by atoms with van der Waals surface area (Å²) in [5.74, 6) is 1.50. The molecule has 0 spiro atoms. The van der Waals surface area contributed by atoms with Crippen LogP contribution in [-0.4, -0.2) is 22.5 Å². The fraction of sp³-hybridized carbons (Fsp3) is 0.417. The Bertz CT molecular complexity index is 544. The summed E-state index contributed by atoms with van der Waals surface area (Å²) in [6.07, 6.45) is 4.09. The van der Waals surface area contributed by atoms with E-state index in [-0.39, 0.29) is 0 Å². The van der Waals surface area contributed by atoms with Gasteiger partial charge in [-0.1, -0.05) is 23.2 Å². The summed E-state index contributed by atoms with van der Waals surface area (Å²) in [4.78, 5) is 4.50. The van der Waals surface area contributed by atoms with E-state index in [9.17, 15) is 0 Å². The molecule has 0 radical (unpaired) electrons. The summed E-state index contributed by atoms with van der Waals surface area (Å²) in [5, 5.41) is 4.63. The van der Waals surface area contributed by atoms with Crippen LogP contribution in [0.3, 0.4) is 0 Å². The van der Waals surface area contributed by atoms with Gasteiger partial charge in [-0.25, -0.2) is 4.98 Å². The average Bonchev–Trinajstić information content (AvgIpc) is 2.67. The van der Waals surface area contributed by atoms with E-state index in [0.29, 0.717) is 16.1 Å². The van der Waals surface area contributed by atoms with Crippen LogP contribution in [-0.2, 0) is 0 Å². The van der Waals surface area contributed by atoms with Gasteiger partial charge in [0, 0.05) is 12.1 Å². The maximum absolute atomic E-state index is 6.16. The fourth-order valence-electron chi connectivity index (χ4n) is 2.41. The van der Waals surface area contributed by atoms with Crippen LogP contribution in [0.1, 0.15) is 24.6 Å². The molecule has 0 bridgehead atoms. The molecule has 0 amide bonds. The zero-order valence-corrected chi connectivity index (χ0v) is 10.8. The van der Waals surface area contributed by atoms with Crippen molar-refractivity contribution in [2.24, 2.45) is 0 Å². The molecule has 1 fully saturated rings. The van der Waals surface area contributed by atoms with E-state index in [1.54, 1.807) is 0 Å². The van der Waals surface area contributed by atoms with E-state index in [1.165, 1.54) is 0 Å². The monoisotopic (exact) mass is 269 g/mol. The molecule has 0 aromatic carbocycles. The lowest BCUT2D eigenvalue weighted by Crippen LogP contribution is -2.27. The molecule has 0 atom stereocenters. The number of pyridine rings is 1. The van der Waals surface area contributed by atoms with E-state index in [1.807, 2.05) is 22.7 Å². The van der Waals surface area contributed by atoms with Gasteiger partial charge >= 0.3 is 0 Å². The molecule has 0 saturated carbocycles. The Morgan fingerprint density at radius 2 is 2.00 bits per heavy atom. The molecular formula is C12H13Cl2N3. The van der Waals surface area contributed by atoms with E-state index < -0.39 is 0 Å². The maximum atomic E-state index is 6.16.